The van der Waals surface area contributed by atoms with Crippen LogP contribution in [0.5, 0.6) is 5.75 Å². The molecule has 1 aromatic rings. The molecule has 0 spiro atoms. The van der Waals surface area contributed by atoms with Gasteiger partial charge in [0.25, 0.3) is 0 Å². The summed E-state index contributed by atoms with van der Waals surface area (Å²) in [6, 6.07) is 6.23. The van der Waals surface area contributed by atoms with Crippen LogP contribution in [0.2, 0.25) is 0 Å². The number of anilines is 1. The van der Waals surface area contributed by atoms with Crippen LogP contribution in [0.1, 0.15) is 70.3 Å². The molecule has 3 heterocycles. The van der Waals surface area contributed by atoms with Crippen LogP contribution in [0.3, 0.4) is 0 Å². The molecule has 3 aliphatic heterocycles. The fourth-order valence-corrected chi connectivity index (χ4v) is 5.59. The Bertz CT molecular complexity index is 801. The normalized spacial score (nSPS) is 24.8. The van der Waals surface area contributed by atoms with Crippen LogP contribution in [-0.2, 0) is 14.3 Å². The molecule has 4 rings (SSSR count). The molecule has 2 atom stereocenters. The van der Waals surface area contributed by atoms with Crippen molar-refractivity contribution in [2.45, 2.75) is 64.7 Å². The fraction of sp³-hybridized carbons (Fsp3) is 0.692. The van der Waals surface area contributed by atoms with Crippen LogP contribution < -0.4 is 10.1 Å². The molecule has 1 N–H and O–H groups in total. The molecular formula is C26H38N2O4. The molecule has 1 aromatic carbocycles. The third-order valence-electron chi connectivity index (χ3n) is 7.70. The standard InChI is InChI=1S/C26H38N2O4/c1-3-18(4-2)26(30)28-11-7-21-16-25(29)27-23-15-20(19-8-12-31-13-9-19)5-6-24(23)32-14-10-22(21)17-28/h5-6,15,18-19,21-22H,3-4,7-14,16-17H2,1-2H3,(H,27,29)/t21-,22-/m0/s1. The molecule has 0 aromatic heterocycles. The number of piperidine rings is 1. The molecule has 0 aliphatic carbocycles. The lowest BCUT2D eigenvalue weighted by atomic mass is 9.80. The fourth-order valence-electron chi connectivity index (χ4n) is 5.59. The van der Waals surface area contributed by atoms with Gasteiger partial charge in [-0.3, -0.25) is 9.59 Å². The lowest BCUT2D eigenvalue weighted by Crippen LogP contribution is -2.47. The van der Waals surface area contributed by atoms with Gasteiger partial charge in [-0.25, -0.2) is 0 Å². The first-order valence-corrected chi connectivity index (χ1v) is 12.5. The highest BCUT2D eigenvalue weighted by atomic mass is 16.5. The average Bonchev–Trinajstić information content (AvgIpc) is 2.82. The Balaban J connectivity index is 1.46. The Labute approximate surface area is 192 Å². The van der Waals surface area contributed by atoms with E-state index in [9.17, 15) is 9.59 Å². The zero-order chi connectivity index (χ0) is 22.5. The topological polar surface area (TPSA) is 67.9 Å². The number of benzene rings is 1. The minimum absolute atomic E-state index is 0.0515. The van der Waals surface area contributed by atoms with Crippen LogP contribution in [0.15, 0.2) is 18.2 Å². The quantitative estimate of drug-likeness (QED) is 0.740. The van der Waals surface area contributed by atoms with Gasteiger partial charge in [-0.2, -0.15) is 0 Å². The van der Waals surface area contributed by atoms with Crippen molar-refractivity contribution in [3.63, 3.8) is 0 Å². The van der Waals surface area contributed by atoms with Crippen molar-refractivity contribution in [1.29, 1.82) is 0 Å². The second-order valence-corrected chi connectivity index (χ2v) is 9.64. The summed E-state index contributed by atoms with van der Waals surface area (Å²) in [5, 5.41) is 3.14. The third kappa shape index (κ3) is 5.28. The summed E-state index contributed by atoms with van der Waals surface area (Å²) in [5.41, 5.74) is 2.04. The van der Waals surface area contributed by atoms with Gasteiger partial charge in [0.15, 0.2) is 0 Å². The smallest absolute Gasteiger partial charge is 0.225 e. The summed E-state index contributed by atoms with van der Waals surface area (Å²) in [6.45, 7) is 7.88. The van der Waals surface area contributed by atoms with Gasteiger partial charge >= 0.3 is 0 Å². The summed E-state index contributed by atoms with van der Waals surface area (Å²) in [7, 11) is 0. The van der Waals surface area contributed by atoms with E-state index in [4.69, 9.17) is 9.47 Å². The van der Waals surface area contributed by atoms with E-state index in [0.29, 0.717) is 30.8 Å². The lowest BCUT2D eigenvalue weighted by molar-refractivity contribution is -0.138. The first kappa shape index (κ1) is 23.1. The molecule has 176 valence electrons. The van der Waals surface area contributed by atoms with Crippen LogP contribution in [0.25, 0.3) is 0 Å². The van der Waals surface area contributed by atoms with Crippen LogP contribution in [0, 0.1) is 17.8 Å². The van der Waals surface area contributed by atoms with E-state index in [1.165, 1.54) is 5.56 Å². The van der Waals surface area contributed by atoms with E-state index in [1.807, 2.05) is 11.0 Å². The largest absolute Gasteiger partial charge is 0.491 e. The molecule has 0 saturated carbocycles. The molecule has 0 bridgehead atoms. The van der Waals surface area contributed by atoms with Crippen molar-refractivity contribution >= 4 is 17.5 Å². The van der Waals surface area contributed by atoms with E-state index >= 15 is 0 Å². The van der Waals surface area contributed by atoms with Crippen molar-refractivity contribution in [3.8, 4) is 5.75 Å². The van der Waals surface area contributed by atoms with Crippen LogP contribution in [-0.4, -0.2) is 49.6 Å². The predicted molar refractivity (Wildman–Crippen MR) is 125 cm³/mol. The number of rotatable bonds is 4. The Hall–Kier alpha value is -2.08. The van der Waals surface area contributed by atoms with E-state index in [-0.39, 0.29) is 17.7 Å². The molecule has 0 unspecified atom stereocenters. The van der Waals surface area contributed by atoms with E-state index in [0.717, 1.165) is 76.3 Å². The van der Waals surface area contributed by atoms with Crippen LogP contribution >= 0.6 is 0 Å². The summed E-state index contributed by atoms with van der Waals surface area (Å²) >= 11 is 0. The van der Waals surface area contributed by atoms with Gasteiger partial charge in [-0.15, -0.1) is 0 Å². The molecule has 6 heteroatoms. The van der Waals surface area contributed by atoms with Gasteiger partial charge in [-0.1, -0.05) is 19.9 Å². The first-order chi connectivity index (χ1) is 15.6. The number of ether oxygens (including phenoxy) is 2. The van der Waals surface area contributed by atoms with Crippen molar-refractivity contribution < 1.29 is 19.1 Å². The monoisotopic (exact) mass is 442 g/mol. The Morgan fingerprint density at radius 3 is 2.62 bits per heavy atom. The van der Waals surface area contributed by atoms with Gasteiger partial charge in [-0.05, 0) is 74.0 Å². The second kappa shape index (κ2) is 10.7. The molecule has 2 saturated heterocycles. The lowest BCUT2D eigenvalue weighted by Gasteiger charge is -2.40. The van der Waals surface area contributed by atoms with Crippen LogP contribution in [0.4, 0.5) is 5.69 Å². The van der Waals surface area contributed by atoms with Gasteiger partial charge in [0.05, 0.1) is 12.3 Å². The summed E-state index contributed by atoms with van der Waals surface area (Å²) in [5.74, 6) is 2.26. The maximum absolute atomic E-state index is 13.0. The maximum Gasteiger partial charge on any atom is 0.225 e. The van der Waals surface area contributed by atoms with Gasteiger partial charge in [0, 0.05) is 38.6 Å². The highest BCUT2D eigenvalue weighted by Gasteiger charge is 2.35. The second-order valence-electron chi connectivity index (χ2n) is 9.64. The Kier molecular flexibility index (Phi) is 7.71. The van der Waals surface area contributed by atoms with E-state index in [2.05, 4.69) is 31.3 Å². The number of nitrogens with one attached hydrogen (secondary N) is 1. The number of carbonyl (C=O) groups excluding carboxylic acids is 2. The summed E-state index contributed by atoms with van der Waals surface area (Å²) in [6.07, 6.45) is 6.08. The highest BCUT2D eigenvalue weighted by molar-refractivity contribution is 5.92. The average molecular weight is 443 g/mol. The van der Waals surface area contributed by atoms with Crippen molar-refractivity contribution in [2.75, 3.05) is 38.2 Å². The van der Waals surface area contributed by atoms with E-state index in [1.54, 1.807) is 0 Å². The van der Waals surface area contributed by atoms with Crippen molar-refractivity contribution in [1.82, 2.24) is 4.90 Å². The number of hydrogen-bond acceptors (Lipinski definition) is 4. The number of amides is 2. The van der Waals surface area contributed by atoms with Gasteiger partial charge in [0.2, 0.25) is 11.8 Å². The minimum atomic E-state index is 0.0515. The summed E-state index contributed by atoms with van der Waals surface area (Å²) < 4.78 is 11.6. The maximum atomic E-state index is 13.0. The molecule has 32 heavy (non-hydrogen) atoms. The SMILES string of the molecule is CCC(CC)C(=O)N1CC[C@H]2CC(=O)Nc3cc(C4CCOCC4)ccc3OCC[C@H]2C1. The number of hydrogen-bond donors (Lipinski definition) is 1. The Morgan fingerprint density at radius 2 is 1.88 bits per heavy atom. The number of carbonyl (C=O) groups is 2. The highest BCUT2D eigenvalue weighted by Crippen LogP contribution is 2.36. The van der Waals surface area contributed by atoms with Gasteiger partial charge < -0.3 is 19.7 Å². The predicted octanol–water partition coefficient (Wildman–Crippen LogP) is 4.59. The van der Waals surface area contributed by atoms with Gasteiger partial charge in [0.1, 0.15) is 5.75 Å². The number of fused-ring (bicyclic) bond motifs is 2. The molecule has 0 radical (unpaired) electrons. The molecule has 6 nitrogen and oxygen atoms in total. The molecule has 3 aliphatic rings. The van der Waals surface area contributed by atoms with Crippen molar-refractivity contribution in [2.24, 2.45) is 17.8 Å². The number of nitrogens with zero attached hydrogens (tertiary/aromatic N) is 1. The summed E-state index contributed by atoms with van der Waals surface area (Å²) in [4.78, 5) is 27.9. The molecule has 2 amide bonds. The first-order valence-electron chi connectivity index (χ1n) is 12.5. The Morgan fingerprint density at radius 1 is 1.09 bits per heavy atom. The third-order valence-corrected chi connectivity index (χ3v) is 7.70. The number of likely N-dealkylation sites (tertiary alicyclic amines) is 1. The molecular weight excluding hydrogens is 404 g/mol. The minimum Gasteiger partial charge on any atom is -0.491 e. The zero-order valence-electron chi connectivity index (χ0n) is 19.6. The van der Waals surface area contributed by atoms with Crippen molar-refractivity contribution in [3.05, 3.63) is 23.8 Å². The zero-order valence-corrected chi connectivity index (χ0v) is 19.6. The van der Waals surface area contributed by atoms with E-state index < -0.39 is 0 Å². The molecule has 2 fully saturated rings.